The number of esters is 1. The maximum atomic E-state index is 12.5. The molecule has 1 saturated carbocycles. The van der Waals surface area contributed by atoms with Gasteiger partial charge < -0.3 is 29.5 Å². The van der Waals surface area contributed by atoms with E-state index in [0.29, 0.717) is 12.2 Å². The molecule has 2 aliphatic carbocycles. The van der Waals surface area contributed by atoms with Crippen LogP contribution in [0.2, 0.25) is 0 Å². The minimum atomic E-state index is -1.47. The van der Waals surface area contributed by atoms with Gasteiger partial charge in [0, 0.05) is 5.41 Å². The van der Waals surface area contributed by atoms with Crippen molar-refractivity contribution in [2.45, 2.75) is 63.1 Å². The van der Waals surface area contributed by atoms with Crippen LogP contribution < -0.4 is 0 Å². The molecule has 0 amide bonds. The summed E-state index contributed by atoms with van der Waals surface area (Å²) >= 11 is 0. The Balaban J connectivity index is 1.69. The van der Waals surface area contributed by atoms with Gasteiger partial charge in [-0.15, -0.1) is 0 Å². The molecule has 2 heterocycles. The zero-order chi connectivity index (χ0) is 20.5. The van der Waals surface area contributed by atoms with E-state index >= 15 is 0 Å². The van der Waals surface area contributed by atoms with Gasteiger partial charge in [0.15, 0.2) is 5.78 Å². The zero-order valence-corrected chi connectivity index (χ0v) is 15.7. The van der Waals surface area contributed by atoms with Gasteiger partial charge in [-0.25, -0.2) is 0 Å². The highest BCUT2D eigenvalue weighted by Crippen LogP contribution is 2.71. The second kappa shape index (κ2) is 6.09. The number of ketones is 1. The van der Waals surface area contributed by atoms with E-state index in [2.05, 4.69) is 0 Å². The molecule has 2 bridgehead atoms. The Morgan fingerprint density at radius 3 is 2.61 bits per heavy atom. The van der Waals surface area contributed by atoms with Crippen LogP contribution in [0.5, 0.6) is 0 Å². The Kier molecular flexibility index (Phi) is 4.24. The van der Waals surface area contributed by atoms with Crippen molar-refractivity contribution in [1.82, 2.24) is 0 Å². The van der Waals surface area contributed by atoms with Crippen LogP contribution in [-0.4, -0.2) is 76.3 Å². The summed E-state index contributed by atoms with van der Waals surface area (Å²) in [6, 6.07) is 0. The lowest BCUT2D eigenvalue weighted by Crippen LogP contribution is -2.70. The van der Waals surface area contributed by atoms with Gasteiger partial charge in [0.05, 0.1) is 37.6 Å². The molecule has 0 aromatic rings. The third-order valence-corrected chi connectivity index (χ3v) is 7.24. The van der Waals surface area contributed by atoms with Gasteiger partial charge >= 0.3 is 11.9 Å². The molecule has 9 heteroatoms. The number of Topliss-reactive ketones (excluding diaryl/α,β-unsaturated/α-hetero) is 1. The van der Waals surface area contributed by atoms with Crippen molar-refractivity contribution in [3.63, 3.8) is 0 Å². The number of fused-ring (bicyclic) bond motifs is 2. The van der Waals surface area contributed by atoms with E-state index < -0.39 is 65.2 Å². The third kappa shape index (κ3) is 2.24. The second-order valence-electron chi connectivity index (χ2n) is 8.43. The minimum absolute atomic E-state index is 0.227. The molecule has 28 heavy (non-hydrogen) atoms. The van der Waals surface area contributed by atoms with Gasteiger partial charge in [-0.3, -0.25) is 14.4 Å². The number of aliphatic hydroxyl groups is 2. The van der Waals surface area contributed by atoms with Crippen molar-refractivity contribution in [2.75, 3.05) is 13.2 Å². The first-order valence-electron chi connectivity index (χ1n) is 9.35. The van der Waals surface area contributed by atoms with Crippen molar-refractivity contribution >= 4 is 17.7 Å². The molecule has 0 radical (unpaired) electrons. The number of rotatable bonds is 5. The second-order valence-corrected chi connectivity index (χ2v) is 8.43. The first-order valence-corrected chi connectivity index (χ1v) is 9.35. The largest absolute Gasteiger partial charge is 0.481 e. The van der Waals surface area contributed by atoms with Crippen molar-refractivity contribution in [3.05, 3.63) is 11.6 Å². The van der Waals surface area contributed by atoms with Crippen LogP contribution in [-0.2, 0) is 28.6 Å². The summed E-state index contributed by atoms with van der Waals surface area (Å²) in [4.78, 5) is 35.3. The monoisotopic (exact) mass is 396 g/mol. The van der Waals surface area contributed by atoms with Gasteiger partial charge in [-0.1, -0.05) is 6.92 Å². The third-order valence-electron chi connectivity index (χ3n) is 7.24. The van der Waals surface area contributed by atoms with Crippen molar-refractivity contribution in [2.24, 2.45) is 10.8 Å². The molecular formula is C19H24O9. The Labute approximate surface area is 161 Å². The molecular weight excluding hydrogens is 372 g/mol. The average Bonchev–Trinajstić information content (AvgIpc) is 3.40. The molecule has 0 aromatic heterocycles. The highest BCUT2D eigenvalue weighted by atomic mass is 16.7. The van der Waals surface area contributed by atoms with Gasteiger partial charge in [-0.2, -0.15) is 0 Å². The number of carboxylic acids is 1. The Bertz CT molecular complexity index is 769. The fraction of sp³-hybridized carbons (Fsp3) is 0.737. The maximum Gasteiger partial charge on any atom is 0.306 e. The predicted molar refractivity (Wildman–Crippen MR) is 91.1 cm³/mol. The van der Waals surface area contributed by atoms with E-state index in [0.717, 1.165) is 0 Å². The van der Waals surface area contributed by atoms with Gasteiger partial charge in [0.1, 0.15) is 23.9 Å². The van der Waals surface area contributed by atoms with Crippen LogP contribution in [0.4, 0.5) is 0 Å². The first-order chi connectivity index (χ1) is 13.1. The summed E-state index contributed by atoms with van der Waals surface area (Å²) in [5, 5.41) is 30.0. The topological polar surface area (TPSA) is 143 Å². The van der Waals surface area contributed by atoms with E-state index in [1.54, 1.807) is 13.0 Å². The number of hydrogen-bond acceptors (Lipinski definition) is 8. The van der Waals surface area contributed by atoms with Crippen LogP contribution in [0, 0.1) is 10.8 Å². The number of ether oxygens (including phenoxy) is 3. The first kappa shape index (κ1) is 19.5. The summed E-state index contributed by atoms with van der Waals surface area (Å²) in [5.74, 6) is -2.22. The molecule has 3 fully saturated rings. The van der Waals surface area contributed by atoms with Crippen LogP contribution in [0.25, 0.3) is 0 Å². The van der Waals surface area contributed by atoms with Gasteiger partial charge in [0.2, 0.25) is 0 Å². The van der Waals surface area contributed by atoms with E-state index in [1.807, 2.05) is 6.92 Å². The van der Waals surface area contributed by atoms with Gasteiger partial charge in [-0.05, 0) is 25.0 Å². The molecule has 7 atom stereocenters. The van der Waals surface area contributed by atoms with Crippen molar-refractivity contribution < 1.29 is 43.9 Å². The number of epoxide rings is 1. The number of hydrogen-bond donors (Lipinski definition) is 3. The molecule has 4 aliphatic rings. The minimum Gasteiger partial charge on any atom is -0.481 e. The smallest absolute Gasteiger partial charge is 0.306 e. The lowest BCUT2D eigenvalue weighted by molar-refractivity contribution is -0.245. The van der Waals surface area contributed by atoms with Crippen LogP contribution in [0.15, 0.2) is 11.6 Å². The summed E-state index contributed by atoms with van der Waals surface area (Å²) in [6.07, 6.45) is -2.32. The molecule has 154 valence electrons. The van der Waals surface area contributed by atoms with E-state index in [9.17, 15) is 24.6 Å². The molecule has 9 nitrogen and oxygen atoms in total. The number of aliphatic hydroxyl groups excluding tert-OH is 2. The molecule has 3 N–H and O–H groups in total. The fourth-order valence-corrected chi connectivity index (χ4v) is 5.53. The number of carboxylic acid groups (broad SMARTS) is 1. The zero-order valence-electron chi connectivity index (χ0n) is 15.7. The normalized spacial score (nSPS) is 46.1. The molecule has 1 spiro atoms. The van der Waals surface area contributed by atoms with E-state index in [-0.39, 0.29) is 19.3 Å². The predicted octanol–water partition coefficient (Wildman–Crippen LogP) is -0.422. The molecule has 2 saturated heterocycles. The molecule has 2 aliphatic heterocycles. The lowest BCUT2D eigenvalue weighted by Gasteiger charge is -2.58. The van der Waals surface area contributed by atoms with Crippen LogP contribution in [0.3, 0.4) is 0 Å². The summed E-state index contributed by atoms with van der Waals surface area (Å²) < 4.78 is 17.5. The lowest BCUT2D eigenvalue weighted by atomic mass is 9.50. The molecule has 7 unspecified atom stereocenters. The highest BCUT2D eigenvalue weighted by Gasteiger charge is 2.83. The van der Waals surface area contributed by atoms with Crippen molar-refractivity contribution in [3.8, 4) is 0 Å². The highest BCUT2D eigenvalue weighted by molar-refractivity contribution is 6.00. The number of carbonyl (C=O) groups excluding carboxylic acids is 2. The fourth-order valence-electron chi connectivity index (χ4n) is 5.53. The van der Waals surface area contributed by atoms with E-state index in [1.165, 1.54) is 0 Å². The van der Waals surface area contributed by atoms with Crippen molar-refractivity contribution in [1.29, 1.82) is 0 Å². The van der Waals surface area contributed by atoms with Gasteiger partial charge in [0.25, 0.3) is 0 Å². The summed E-state index contributed by atoms with van der Waals surface area (Å²) in [7, 11) is 0. The molecule has 0 aromatic carbocycles. The van der Waals surface area contributed by atoms with Crippen LogP contribution >= 0.6 is 0 Å². The molecule has 4 rings (SSSR count). The average molecular weight is 396 g/mol. The summed E-state index contributed by atoms with van der Waals surface area (Å²) in [6.45, 7) is 3.22. The Morgan fingerprint density at radius 2 is 2.04 bits per heavy atom. The quantitative estimate of drug-likeness (QED) is 0.417. The number of carbonyl (C=O) groups is 3. The Hall–Kier alpha value is -1.81. The van der Waals surface area contributed by atoms with Crippen LogP contribution in [0.1, 0.15) is 33.1 Å². The van der Waals surface area contributed by atoms with E-state index in [4.69, 9.17) is 19.3 Å². The summed E-state index contributed by atoms with van der Waals surface area (Å²) in [5.41, 5.74) is -2.72. The maximum absolute atomic E-state index is 12.5. The number of aliphatic carboxylic acids is 1. The standard InChI is InChI=1S/C19H24O9/c1-9-5-11-18(7-20,15(25)14(9)24)17(2)6-10(16(28-11)19(17)8-26-19)27-13(23)4-3-12(21)22/h5,10-11,15-16,20,25H,3-4,6-8H2,1-2H3,(H,21,22). The SMILES string of the molecule is CC1=CC2OC3C(OC(=O)CCC(=O)O)CC(C)(C34CO4)C2(CO)C(O)C1=O. The Morgan fingerprint density at radius 1 is 1.36 bits per heavy atom.